The van der Waals surface area contributed by atoms with Crippen LogP contribution in [0, 0.1) is 17.7 Å². The highest BCUT2D eigenvalue weighted by molar-refractivity contribution is 6.02. The van der Waals surface area contributed by atoms with Crippen molar-refractivity contribution < 1.29 is 18.7 Å². The van der Waals surface area contributed by atoms with Gasteiger partial charge in [-0.15, -0.1) is 0 Å². The highest BCUT2D eigenvalue weighted by atomic mass is 19.1. The highest BCUT2D eigenvalue weighted by Crippen LogP contribution is 2.56. The predicted molar refractivity (Wildman–Crippen MR) is 97.2 cm³/mol. The third-order valence-corrected chi connectivity index (χ3v) is 5.18. The number of ether oxygens (including phenoxy) is 2. The number of amides is 1. The number of aromatic nitrogens is 3. The molecule has 1 saturated carbocycles. The number of pyridine rings is 1. The molecule has 0 radical (unpaired) electrons. The number of nitrogens with one attached hydrogen (secondary N) is 1. The van der Waals surface area contributed by atoms with Crippen LogP contribution in [0.15, 0.2) is 29.5 Å². The maximum Gasteiger partial charge on any atom is 0.283 e. The zero-order chi connectivity index (χ0) is 20.1. The summed E-state index contributed by atoms with van der Waals surface area (Å²) in [6, 6.07) is 2.63. The van der Waals surface area contributed by atoms with Crippen molar-refractivity contribution in [2.24, 2.45) is 22.6 Å². The normalized spacial score (nSPS) is 27.9. The van der Waals surface area contributed by atoms with Crippen molar-refractivity contribution in [3.05, 3.63) is 41.7 Å². The van der Waals surface area contributed by atoms with E-state index in [2.05, 4.69) is 25.3 Å². The smallest absolute Gasteiger partial charge is 0.283 e. The second-order valence-electron chi connectivity index (χ2n) is 6.99. The Morgan fingerprint density at radius 2 is 2.14 bits per heavy atom. The average molecular weight is 386 g/mol. The molecule has 1 amide bonds. The Balaban J connectivity index is 1.62. The monoisotopic (exact) mass is 386 g/mol. The topological polar surface area (TPSA) is 125 Å². The van der Waals surface area contributed by atoms with Gasteiger partial charge in [-0.1, -0.05) is 6.92 Å². The number of carbonyl (C=O) groups excluding carboxylic acids is 1. The number of aliphatic imine (C=N–C) groups is 1. The predicted octanol–water partition coefficient (Wildman–Crippen LogP) is 1.47. The first-order chi connectivity index (χ1) is 13.3. The molecular weight excluding hydrogens is 367 g/mol. The summed E-state index contributed by atoms with van der Waals surface area (Å²) in [6.07, 6.45) is 2.49. The zero-order valence-electron chi connectivity index (χ0n) is 15.5. The van der Waals surface area contributed by atoms with Crippen molar-refractivity contribution in [3.63, 3.8) is 0 Å². The third-order valence-electron chi connectivity index (χ3n) is 5.18. The van der Waals surface area contributed by atoms with Crippen molar-refractivity contribution >= 4 is 17.7 Å². The fourth-order valence-corrected chi connectivity index (χ4v) is 3.70. The van der Waals surface area contributed by atoms with Gasteiger partial charge in [-0.2, -0.15) is 0 Å². The summed E-state index contributed by atoms with van der Waals surface area (Å²) in [5.74, 6) is -0.469. The van der Waals surface area contributed by atoms with Gasteiger partial charge in [-0.25, -0.2) is 24.3 Å². The first-order valence-corrected chi connectivity index (χ1v) is 8.70. The lowest BCUT2D eigenvalue weighted by molar-refractivity contribution is 0.102. The van der Waals surface area contributed by atoms with E-state index in [0.29, 0.717) is 0 Å². The Labute approximate surface area is 160 Å². The number of hydrogen-bond donors (Lipinski definition) is 2. The lowest BCUT2D eigenvalue weighted by Crippen LogP contribution is -2.36. The number of anilines is 1. The molecule has 0 bridgehead atoms. The van der Waals surface area contributed by atoms with Gasteiger partial charge in [0.05, 0.1) is 19.5 Å². The molecule has 3 heterocycles. The number of carbonyl (C=O) groups is 1. The second-order valence-corrected chi connectivity index (χ2v) is 6.99. The molecule has 146 valence electrons. The standard InChI is InChI=1S/C18H19FN6O3/c1-8-13-14(8)28-17(20)25-18(13,2)15-9(19)4-5-11(23-15)24-16(26)10-6-22-12(27-3)7-21-10/h4-8,13-14H,1-3H3,(H2,20,25)(H,23,24,26)/t8-,13+,14-,18+/m0/s1. The Morgan fingerprint density at radius 1 is 1.36 bits per heavy atom. The number of rotatable bonds is 4. The Hall–Kier alpha value is -3.30. The minimum Gasteiger partial charge on any atom is -0.480 e. The van der Waals surface area contributed by atoms with E-state index in [1.807, 2.05) is 6.92 Å². The Kier molecular flexibility index (Phi) is 4.13. The molecule has 2 aliphatic rings. The molecule has 1 fully saturated rings. The van der Waals surface area contributed by atoms with Crippen molar-refractivity contribution in [1.29, 1.82) is 0 Å². The summed E-state index contributed by atoms with van der Waals surface area (Å²) in [5, 5.41) is 2.60. The summed E-state index contributed by atoms with van der Waals surface area (Å²) < 4.78 is 25.0. The minimum atomic E-state index is -0.975. The molecule has 0 saturated heterocycles. The van der Waals surface area contributed by atoms with Crippen molar-refractivity contribution in [2.75, 3.05) is 12.4 Å². The van der Waals surface area contributed by atoms with Crippen molar-refractivity contribution in [3.8, 4) is 5.88 Å². The van der Waals surface area contributed by atoms with E-state index in [0.717, 1.165) is 0 Å². The maximum atomic E-state index is 14.6. The van der Waals surface area contributed by atoms with Gasteiger partial charge in [0.25, 0.3) is 11.9 Å². The van der Waals surface area contributed by atoms with E-state index in [4.69, 9.17) is 15.2 Å². The molecule has 0 aromatic carbocycles. The minimum absolute atomic E-state index is 0.0113. The molecule has 1 aliphatic carbocycles. The van der Waals surface area contributed by atoms with Crippen LogP contribution < -0.4 is 15.8 Å². The van der Waals surface area contributed by atoms with Crippen LogP contribution >= 0.6 is 0 Å². The first kappa shape index (κ1) is 18.1. The Bertz CT molecular complexity index is 966. The molecule has 4 atom stereocenters. The SMILES string of the molecule is COc1cnc(C(=O)Nc2ccc(F)c([C@]3(C)N=C(N)O[C@H]4[C@@H](C)[C@H]43)n2)cn1. The molecule has 0 spiro atoms. The maximum absolute atomic E-state index is 14.6. The average Bonchev–Trinajstić information content (AvgIpc) is 3.33. The van der Waals surface area contributed by atoms with E-state index >= 15 is 0 Å². The molecule has 0 unspecified atom stereocenters. The van der Waals surface area contributed by atoms with Gasteiger partial charge in [0.2, 0.25) is 5.88 Å². The van der Waals surface area contributed by atoms with Crippen LogP contribution in [0.4, 0.5) is 10.2 Å². The van der Waals surface area contributed by atoms with Gasteiger partial charge in [-0.3, -0.25) is 4.79 Å². The van der Waals surface area contributed by atoms with Gasteiger partial charge < -0.3 is 20.5 Å². The molecule has 10 heteroatoms. The zero-order valence-corrected chi connectivity index (χ0v) is 15.5. The van der Waals surface area contributed by atoms with Crippen LogP contribution in [-0.4, -0.2) is 40.1 Å². The summed E-state index contributed by atoms with van der Waals surface area (Å²) >= 11 is 0. The number of nitrogens with two attached hydrogens (primary N) is 1. The largest absolute Gasteiger partial charge is 0.480 e. The van der Waals surface area contributed by atoms with Crippen molar-refractivity contribution in [2.45, 2.75) is 25.5 Å². The van der Waals surface area contributed by atoms with Crippen LogP contribution in [-0.2, 0) is 10.3 Å². The summed E-state index contributed by atoms with van der Waals surface area (Å²) in [4.78, 5) is 28.9. The lowest BCUT2D eigenvalue weighted by Gasteiger charge is -2.29. The van der Waals surface area contributed by atoms with Gasteiger partial charge >= 0.3 is 0 Å². The highest BCUT2D eigenvalue weighted by Gasteiger charge is 2.63. The molecule has 28 heavy (non-hydrogen) atoms. The number of fused-ring (bicyclic) bond motifs is 1. The van der Waals surface area contributed by atoms with Crippen LogP contribution in [0.1, 0.15) is 30.0 Å². The van der Waals surface area contributed by atoms with Gasteiger partial charge in [0.1, 0.15) is 34.7 Å². The molecular formula is C18H19FN6O3. The number of methoxy groups -OCH3 is 1. The molecule has 4 rings (SSSR count). The lowest BCUT2D eigenvalue weighted by atomic mass is 9.89. The summed E-state index contributed by atoms with van der Waals surface area (Å²) in [7, 11) is 1.45. The number of hydrogen-bond acceptors (Lipinski definition) is 8. The van der Waals surface area contributed by atoms with Gasteiger partial charge in [-0.05, 0) is 19.1 Å². The fourth-order valence-electron chi connectivity index (χ4n) is 3.70. The molecule has 1 aliphatic heterocycles. The number of nitrogens with zero attached hydrogens (tertiary/aromatic N) is 4. The quantitative estimate of drug-likeness (QED) is 0.815. The number of halogens is 1. The van der Waals surface area contributed by atoms with E-state index in [1.165, 1.54) is 31.6 Å². The van der Waals surface area contributed by atoms with Crippen LogP contribution in [0.5, 0.6) is 5.88 Å². The molecule has 2 aromatic rings. The number of amidine groups is 1. The van der Waals surface area contributed by atoms with Gasteiger partial charge in [0, 0.05) is 11.8 Å². The molecule has 9 nitrogen and oxygen atoms in total. The van der Waals surface area contributed by atoms with E-state index in [-0.39, 0.29) is 47.0 Å². The van der Waals surface area contributed by atoms with Crippen LogP contribution in [0.2, 0.25) is 0 Å². The van der Waals surface area contributed by atoms with E-state index in [1.54, 1.807) is 6.92 Å². The Morgan fingerprint density at radius 3 is 2.82 bits per heavy atom. The summed E-state index contributed by atoms with van der Waals surface area (Å²) in [6.45, 7) is 3.77. The van der Waals surface area contributed by atoms with Gasteiger partial charge in [0.15, 0.2) is 0 Å². The van der Waals surface area contributed by atoms with Crippen LogP contribution in [0.25, 0.3) is 0 Å². The summed E-state index contributed by atoms with van der Waals surface area (Å²) in [5.41, 5.74) is 4.98. The molecule has 2 aromatic heterocycles. The van der Waals surface area contributed by atoms with E-state index in [9.17, 15) is 9.18 Å². The van der Waals surface area contributed by atoms with Crippen molar-refractivity contribution in [1.82, 2.24) is 15.0 Å². The van der Waals surface area contributed by atoms with Crippen LogP contribution in [0.3, 0.4) is 0 Å². The second kappa shape index (κ2) is 6.39. The third kappa shape index (κ3) is 2.90. The first-order valence-electron chi connectivity index (χ1n) is 8.70. The fraction of sp³-hybridized carbons (Fsp3) is 0.389. The molecule has 3 N–H and O–H groups in total. The van der Waals surface area contributed by atoms with E-state index < -0.39 is 17.3 Å².